The highest BCUT2D eigenvalue weighted by molar-refractivity contribution is 5.24. The third-order valence-electron chi connectivity index (χ3n) is 0.732. The van der Waals surface area contributed by atoms with Gasteiger partial charge in [-0.3, -0.25) is 5.01 Å². The molecule has 0 saturated heterocycles. The zero-order chi connectivity index (χ0) is 6.57. The second kappa shape index (κ2) is 2.80. The van der Waals surface area contributed by atoms with Gasteiger partial charge in [-0.25, -0.2) is 0 Å². The quantitative estimate of drug-likeness (QED) is 0.295. The van der Waals surface area contributed by atoms with Crippen molar-refractivity contribution < 1.29 is 0 Å². The van der Waals surface area contributed by atoms with Crippen LogP contribution in [0.2, 0.25) is 0 Å². The van der Waals surface area contributed by atoms with Crippen LogP contribution < -0.4 is 0 Å². The number of rotatable bonds is 2. The molecule has 0 spiro atoms. The lowest BCUT2D eigenvalue weighted by Gasteiger charge is -2.05. The molecule has 0 unspecified atom stereocenters. The van der Waals surface area contributed by atoms with E-state index in [0.29, 0.717) is 5.70 Å². The molecule has 0 bridgehead atoms. The summed E-state index contributed by atoms with van der Waals surface area (Å²) < 4.78 is 0. The summed E-state index contributed by atoms with van der Waals surface area (Å²) in [4.78, 5) is 0. The maximum Gasteiger partial charge on any atom is 0.129 e. The first-order chi connectivity index (χ1) is 3.72. The molecule has 0 saturated carbocycles. The molecule has 0 aromatic rings. The summed E-state index contributed by atoms with van der Waals surface area (Å²) >= 11 is 0. The van der Waals surface area contributed by atoms with Gasteiger partial charge >= 0.3 is 0 Å². The largest absolute Gasteiger partial charge is 0.259 e. The maximum atomic E-state index is 8.16. The SMILES string of the molecule is C=NN(C)C(=C)C#N. The number of allylic oxidation sites excluding steroid dienone is 1. The smallest absolute Gasteiger partial charge is 0.129 e. The first kappa shape index (κ1) is 6.70. The Bertz CT molecular complexity index is 142. The third kappa shape index (κ3) is 1.43. The number of hydrazone groups is 1. The molecule has 3 nitrogen and oxygen atoms in total. The average molecular weight is 109 g/mol. The van der Waals surface area contributed by atoms with Crippen LogP contribution in [0.25, 0.3) is 0 Å². The van der Waals surface area contributed by atoms with Crippen molar-refractivity contribution in [2.45, 2.75) is 0 Å². The van der Waals surface area contributed by atoms with Crippen LogP contribution in [0.3, 0.4) is 0 Å². The Morgan fingerprint density at radius 3 is 2.50 bits per heavy atom. The molecule has 0 heterocycles. The molecular weight excluding hydrogens is 102 g/mol. The molecule has 0 fully saturated rings. The molecule has 0 aliphatic carbocycles. The summed E-state index contributed by atoms with van der Waals surface area (Å²) in [5.74, 6) is 0. The summed E-state index contributed by atoms with van der Waals surface area (Å²) in [6, 6.07) is 1.81. The Balaban J connectivity index is 3.86. The van der Waals surface area contributed by atoms with Gasteiger partial charge in [0.15, 0.2) is 0 Å². The van der Waals surface area contributed by atoms with E-state index in [4.69, 9.17) is 5.26 Å². The van der Waals surface area contributed by atoms with Crippen LogP contribution in [0.4, 0.5) is 0 Å². The number of nitriles is 1. The van der Waals surface area contributed by atoms with E-state index in [-0.39, 0.29) is 0 Å². The van der Waals surface area contributed by atoms with Gasteiger partial charge in [-0.15, -0.1) is 0 Å². The number of hydrogen-bond acceptors (Lipinski definition) is 3. The fourth-order valence-corrected chi connectivity index (χ4v) is 0.158. The number of hydrogen-bond donors (Lipinski definition) is 0. The van der Waals surface area contributed by atoms with Crippen molar-refractivity contribution in [2.75, 3.05) is 7.05 Å². The van der Waals surface area contributed by atoms with E-state index in [0.717, 1.165) is 0 Å². The minimum absolute atomic E-state index is 0.292. The van der Waals surface area contributed by atoms with Gasteiger partial charge in [-0.2, -0.15) is 10.4 Å². The predicted molar refractivity (Wildman–Crippen MR) is 32.1 cm³/mol. The van der Waals surface area contributed by atoms with Crippen LogP contribution in [0.15, 0.2) is 17.4 Å². The van der Waals surface area contributed by atoms with Crippen LogP contribution in [0, 0.1) is 11.3 Å². The molecule has 0 radical (unpaired) electrons. The highest BCUT2D eigenvalue weighted by Crippen LogP contribution is 1.92. The summed E-state index contributed by atoms with van der Waals surface area (Å²) in [7, 11) is 1.61. The van der Waals surface area contributed by atoms with Crippen LogP contribution in [-0.4, -0.2) is 18.8 Å². The van der Waals surface area contributed by atoms with E-state index in [1.54, 1.807) is 7.05 Å². The van der Waals surface area contributed by atoms with Crippen LogP contribution in [-0.2, 0) is 0 Å². The fourth-order valence-electron chi connectivity index (χ4n) is 0.158. The summed E-state index contributed by atoms with van der Waals surface area (Å²) in [5, 5.41) is 12.9. The Labute approximate surface area is 48.5 Å². The molecule has 0 atom stereocenters. The summed E-state index contributed by atoms with van der Waals surface area (Å²) in [6.45, 7) is 6.57. The third-order valence-corrected chi connectivity index (χ3v) is 0.732. The first-order valence-corrected chi connectivity index (χ1v) is 2.01. The van der Waals surface area contributed by atoms with E-state index in [1.807, 2.05) is 6.07 Å². The molecule has 0 N–H and O–H groups in total. The van der Waals surface area contributed by atoms with E-state index in [1.165, 1.54) is 5.01 Å². The average Bonchev–Trinajstić information content (AvgIpc) is 1.84. The second-order valence-electron chi connectivity index (χ2n) is 1.22. The van der Waals surface area contributed by atoms with Crippen molar-refractivity contribution in [3.8, 4) is 6.07 Å². The van der Waals surface area contributed by atoms with E-state index in [2.05, 4.69) is 18.4 Å². The zero-order valence-electron chi connectivity index (χ0n) is 4.76. The Hall–Kier alpha value is -1.30. The lowest BCUT2D eigenvalue weighted by Crippen LogP contribution is -2.05. The molecule has 0 rings (SSSR count). The molecule has 3 heteroatoms. The van der Waals surface area contributed by atoms with Gasteiger partial charge in [-0.05, 0) is 0 Å². The Kier molecular flexibility index (Phi) is 2.35. The summed E-state index contributed by atoms with van der Waals surface area (Å²) in [5.41, 5.74) is 0.292. The zero-order valence-corrected chi connectivity index (χ0v) is 4.76. The van der Waals surface area contributed by atoms with Crippen LogP contribution in [0.1, 0.15) is 0 Å². The van der Waals surface area contributed by atoms with Crippen molar-refractivity contribution in [3.63, 3.8) is 0 Å². The Morgan fingerprint density at radius 2 is 2.38 bits per heavy atom. The second-order valence-corrected chi connectivity index (χ2v) is 1.22. The highest BCUT2D eigenvalue weighted by atomic mass is 15.4. The van der Waals surface area contributed by atoms with Gasteiger partial charge in [-0.1, -0.05) is 6.58 Å². The predicted octanol–water partition coefficient (Wildman–Crippen LogP) is 0.571. The fraction of sp³-hybridized carbons (Fsp3) is 0.200. The molecule has 0 aromatic carbocycles. The van der Waals surface area contributed by atoms with E-state index in [9.17, 15) is 0 Å². The minimum atomic E-state index is 0.292. The lowest BCUT2D eigenvalue weighted by atomic mass is 10.5. The molecular formula is C5H7N3. The van der Waals surface area contributed by atoms with Gasteiger partial charge < -0.3 is 0 Å². The van der Waals surface area contributed by atoms with Gasteiger partial charge in [0, 0.05) is 13.8 Å². The topological polar surface area (TPSA) is 39.4 Å². The van der Waals surface area contributed by atoms with E-state index >= 15 is 0 Å². The summed E-state index contributed by atoms with van der Waals surface area (Å²) in [6.07, 6.45) is 0. The monoisotopic (exact) mass is 109 g/mol. The van der Waals surface area contributed by atoms with Crippen molar-refractivity contribution in [1.82, 2.24) is 5.01 Å². The molecule has 0 aromatic heterocycles. The normalized spacial score (nSPS) is 7.00. The van der Waals surface area contributed by atoms with Gasteiger partial charge in [0.25, 0.3) is 0 Å². The highest BCUT2D eigenvalue weighted by Gasteiger charge is 1.91. The Morgan fingerprint density at radius 1 is 1.88 bits per heavy atom. The molecule has 0 aliphatic heterocycles. The number of nitrogens with zero attached hydrogens (tertiary/aromatic N) is 3. The van der Waals surface area contributed by atoms with Crippen LogP contribution in [0.5, 0.6) is 0 Å². The lowest BCUT2D eigenvalue weighted by molar-refractivity contribution is 0.470. The van der Waals surface area contributed by atoms with E-state index < -0.39 is 0 Å². The van der Waals surface area contributed by atoms with Gasteiger partial charge in [0.05, 0.1) is 0 Å². The molecule has 8 heavy (non-hydrogen) atoms. The maximum absolute atomic E-state index is 8.16. The van der Waals surface area contributed by atoms with Crippen molar-refractivity contribution >= 4 is 6.72 Å². The minimum Gasteiger partial charge on any atom is -0.259 e. The van der Waals surface area contributed by atoms with Gasteiger partial charge in [0.2, 0.25) is 0 Å². The first-order valence-electron chi connectivity index (χ1n) is 2.01. The van der Waals surface area contributed by atoms with Crippen molar-refractivity contribution in [3.05, 3.63) is 12.3 Å². The molecule has 0 amide bonds. The van der Waals surface area contributed by atoms with Crippen molar-refractivity contribution in [2.24, 2.45) is 5.10 Å². The van der Waals surface area contributed by atoms with Gasteiger partial charge in [0.1, 0.15) is 11.8 Å². The standard InChI is InChI=1S/C5H7N3/c1-5(4-6)8(3)7-2/h1-2H2,3H3. The molecule has 0 aliphatic rings. The van der Waals surface area contributed by atoms with Crippen molar-refractivity contribution in [1.29, 1.82) is 5.26 Å². The molecule has 42 valence electrons. The van der Waals surface area contributed by atoms with Crippen LogP contribution >= 0.6 is 0 Å².